The minimum Gasteiger partial charge on any atom is -0.276 e. The van der Waals surface area contributed by atoms with Gasteiger partial charge in [-0.15, -0.1) is 0 Å². The summed E-state index contributed by atoms with van der Waals surface area (Å²) in [6, 6.07) is 1.91. The van der Waals surface area contributed by atoms with Gasteiger partial charge in [0.15, 0.2) is 0 Å². The van der Waals surface area contributed by atoms with Crippen LogP contribution in [0.3, 0.4) is 0 Å². The Balaban J connectivity index is 2.46. The maximum Gasteiger partial charge on any atom is 0.0973 e. The average molecular weight is 215 g/mol. The van der Waals surface area contributed by atoms with Gasteiger partial charge in [-0.25, -0.2) is 8.93 Å². The Morgan fingerprint density at radius 1 is 1.57 bits per heavy atom. The van der Waals surface area contributed by atoms with Crippen LogP contribution in [0.2, 0.25) is 0 Å². The minimum atomic E-state index is -1.03. The molecule has 5 heteroatoms. The molecule has 1 heterocycles. The molecule has 0 saturated carbocycles. The zero-order valence-corrected chi connectivity index (χ0v) is 9.89. The highest BCUT2D eigenvalue weighted by Gasteiger charge is 2.18. The number of aromatic nitrogens is 2. The van der Waals surface area contributed by atoms with Gasteiger partial charge in [-0.2, -0.15) is 5.10 Å². The summed E-state index contributed by atoms with van der Waals surface area (Å²) in [4.78, 5) is 0. The van der Waals surface area contributed by atoms with Crippen LogP contribution in [0.25, 0.3) is 0 Å². The standard InChI is InChI=1S/C9H17N3OS/c1-9(2,3)14(13)10-7-8-5-6-12(4)11-8/h5-6,10H,7H2,1-4H3/t14-/m1/s1. The second kappa shape index (κ2) is 4.23. The Morgan fingerprint density at radius 3 is 2.64 bits per heavy atom. The molecular weight excluding hydrogens is 198 g/mol. The first kappa shape index (κ1) is 11.4. The van der Waals surface area contributed by atoms with Crippen molar-refractivity contribution in [2.75, 3.05) is 0 Å². The predicted molar refractivity (Wildman–Crippen MR) is 57.9 cm³/mol. The number of hydrogen-bond donors (Lipinski definition) is 1. The average Bonchev–Trinajstić information content (AvgIpc) is 2.45. The van der Waals surface area contributed by atoms with Crippen molar-refractivity contribution in [3.05, 3.63) is 18.0 Å². The van der Waals surface area contributed by atoms with Crippen LogP contribution in [0.1, 0.15) is 26.5 Å². The fourth-order valence-electron chi connectivity index (χ4n) is 0.913. The van der Waals surface area contributed by atoms with Gasteiger partial charge >= 0.3 is 0 Å². The summed E-state index contributed by atoms with van der Waals surface area (Å²) >= 11 is 0. The molecule has 14 heavy (non-hydrogen) atoms. The van der Waals surface area contributed by atoms with Crippen LogP contribution in [-0.4, -0.2) is 18.7 Å². The molecular formula is C9H17N3OS. The van der Waals surface area contributed by atoms with Crippen molar-refractivity contribution in [2.45, 2.75) is 32.1 Å². The first-order valence-corrected chi connectivity index (χ1v) is 5.68. The Labute approximate surface area is 87.3 Å². The summed E-state index contributed by atoms with van der Waals surface area (Å²) in [5.74, 6) is 0. The van der Waals surface area contributed by atoms with E-state index in [1.807, 2.05) is 40.1 Å². The van der Waals surface area contributed by atoms with Gasteiger partial charge in [0, 0.05) is 13.2 Å². The van der Waals surface area contributed by atoms with Crippen molar-refractivity contribution in [3.8, 4) is 0 Å². The van der Waals surface area contributed by atoms with Gasteiger partial charge in [0.1, 0.15) is 0 Å². The molecule has 80 valence electrons. The van der Waals surface area contributed by atoms with E-state index in [1.54, 1.807) is 4.68 Å². The third kappa shape index (κ3) is 3.23. The van der Waals surface area contributed by atoms with Crippen molar-refractivity contribution < 1.29 is 4.21 Å². The molecule has 1 atom stereocenters. The molecule has 0 aromatic carbocycles. The Morgan fingerprint density at radius 2 is 2.21 bits per heavy atom. The van der Waals surface area contributed by atoms with E-state index in [1.165, 1.54) is 0 Å². The fourth-order valence-corrected chi connectivity index (χ4v) is 1.63. The van der Waals surface area contributed by atoms with E-state index in [2.05, 4.69) is 9.82 Å². The molecule has 4 nitrogen and oxygen atoms in total. The topological polar surface area (TPSA) is 46.9 Å². The van der Waals surface area contributed by atoms with E-state index in [4.69, 9.17) is 0 Å². The van der Waals surface area contributed by atoms with Gasteiger partial charge in [0.05, 0.1) is 28.0 Å². The fraction of sp³-hybridized carbons (Fsp3) is 0.667. The zero-order valence-electron chi connectivity index (χ0n) is 9.07. The van der Waals surface area contributed by atoms with Crippen molar-refractivity contribution in [1.82, 2.24) is 14.5 Å². The second-order valence-electron chi connectivity index (χ2n) is 4.18. The van der Waals surface area contributed by atoms with Crippen molar-refractivity contribution >= 4 is 11.0 Å². The third-order valence-corrected chi connectivity index (χ3v) is 3.23. The number of nitrogens with one attached hydrogen (secondary N) is 1. The van der Waals surface area contributed by atoms with Crippen LogP contribution in [0.15, 0.2) is 12.3 Å². The van der Waals surface area contributed by atoms with E-state index >= 15 is 0 Å². The summed E-state index contributed by atoms with van der Waals surface area (Å²) < 4.78 is 16.1. The molecule has 0 fully saturated rings. The quantitative estimate of drug-likeness (QED) is 0.816. The van der Waals surface area contributed by atoms with Crippen molar-refractivity contribution in [2.24, 2.45) is 7.05 Å². The molecule has 1 rings (SSSR count). The zero-order chi connectivity index (χ0) is 10.8. The van der Waals surface area contributed by atoms with Gasteiger partial charge < -0.3 is 0 Å². The van der Waals surface area contributed by atoms with Crippen molar-refractivity contribution in [3.63, 3.8) is 0 Å². The molecule has 0 amide bonds. The van der Waals surface area contributed by atoms with Crippen LogP contribution in [0.5, 0.6) is 0 Å². The van der Waals surface area contributed by atoms with Crippen molar-refractivity contribution in [1.29, 1.82) is 0 Å². The molecule has 1 aromatic heterocycles. The molecule has 1 N–H and O–H groups in total. The lowest BCUT2D eigenvalue weighted by molar-refractivity contribution is 0.632. The molecule has 0 unspecified atom stereocenters. The van der Waals surface area contributed by atoms with Gasteiger partial charge in [-0.05, 0) is 26.8 Å². The van der Waals surface area contributed by atoms with E-state index in [-0.39, 0.29) is 4.75 Å². The van der Waals surface area contributed by atoms with Crippen LogP contribution in [-0.2, 0) is 24.6 Å². The molecule has 0 aliphatic rings. The van der Waals surface area contributed by atoms with E-state index < -0.39 is 11.0 Å². The number of rotatable bonds is 3. The molecule has 0 spiro atoms. The highest BCUT2D eigenvalue weighted by Crippen LogP contribution is 2.09. The lowest BCUT2D eigenvalue weighted by Gasteiger charge is -2.17. The predicted octanol–water partition coefficient (Wildman–Crippen LogP) is 0.972. The molecule has 0 aliphatic carbocycles. The largest absolute Gasteiger partial charge is 0.276 e. The first-order chi connectivity index (χ1) is 6.39. The third-order valence-electron chi connectivity index (χ3n) is 1.71. The molecule has 0 bridgehead atoms. The Kier molecular flexibility index (Phi) is 3.44. The number of hydrogen-bond acceptors (Lipinski definition) is 2. The summed E-state index contributed by atoms with van der Waals surface area (Å²) in [6.45, 7) is 6.36. The number of aryl methyl sites for hydroxylation is 1. The maximum absolute atomic E-state index is 11.6. The smallest absolute Gasteiger partial charge is 0.0973 e. The first-order valence-electron chi connectivity index (χ1n) is 4.53. The van der Waals surface area contributed by atoms with Crippen LogP contribution in [0.4, 0.5) is 0 Å². The maximum atomic E-state index is 11.6. The summed E-state index contributed by atoms with van der Waals surface area (Å²) in [5, 5.41) is 4.18. The highest BCUT2D eigenvalue weighted by molar-refractivity contribution is 7.84. The van der Waals surface area contributed by atoms with E-state index in [0.717, 1.165) is 5.69 Å². The second-order valence-corrected chi connectivity index (χ2v) is 6.23. The SMILES string of the molecule is Cn1ccc(CN[S@](=O)C(C)(C)C)n1. The van der Waals surface area contributed by atoms with Crippen LogP contribution >= 0.6 is 0 Å². The molecule has 1 aromatic rings. The van der Waals surface area contributed by atoms with Gasteiger partial charge in [-0.1, -0.05) is 0 Å². The van der Waals surface area contributed by atoms with Gasteiger partial charge in [0.2, 0.25) is 0 Å². The molecule has 0 saturated heterocycles. The minimum absolute atomic E-state index is 0.227. The summed E-state index contributed by atoms with van der Waals surface area (Å²) in [6.07, 6.45) is 1.87. The lowest BCUT2D eigenvalue weighted by Crippen LogP contribution is -2.32. The van der Waals surface area contributed by atoms with Crippen LogP contribution < -0.4 is 4.72 Å². The van der Waals surface area contributed by atoms with E-state index in [0.29, 0.717) is 6.54 Å². The van der Waals surface area contributed by atoms with Gasteiger partial charge in [0.25, 0.3) is 0 Å². The monoisotopic (exact) mass is 215 g/mol. The van der Waals surface area contributed by atoms with Gasteiger partial charge in [-0.3, -0.25) is 4.68 Å². The van der Waals surface area contributed by atoms with Crippen LogP contribution in [0, 0.1) is 0 Å². The Bertz CT molecular complexity index is 327. The molecule has 0 radical (unpaired) electrons. The normalized spacial score (nSPS) is 14.3. The number of nitrogens with zero attached hydrogens (tertiary/aromatic N) is 2. The summed E-state index contributed by atoms with van der Waals surface area (Å²) in [5.41, 5.74) is 0.908. The summed E-state index contributed by atoms with van der Waals surface area (Å²) in [7, 11) is 0.837. The highest BCUT2D eigenvalue weighted by atomic mass is 32.2. The Hall–Kier alpha value is -0.680. The van der Waals surface area contributed by atoms with E-state index in [9.17, 15) is 4.21 Å². The lowest BCUT2D eigenvalue weighted by atomic mass is 10.3. The molecule has 0 aliphatic heterocycles.